The van der Waals surface area contributed by atoms with Crippen molar-refractivity contribution >= 4 is 22.0 Å². The van der Waals surface area contributed by atoms with Gasteiger partial charge in [-0.2, -0.15) is 0 Å². The van der Waals surface area contributed by atoms with Crippen molar-refractivity contribution in [2.45, 2.75) is 26.4 Å². The second-order valence-electron chi connectivity index (χ2n) is 5.23. The van der Waals surface area contributed by atoms with E-state index in [0.29, 0.717) is 6.54 Å². The van der Waals surface area contributed by atoms with Crippen molar-refractivity contribution in [2.24, 2.45) is 10.8 Å². The zero-order valence-corrected chi connectivity index (χ0v) is 13.1. The van der Waals surface area contributed by atoms with Crippen LogP contribution in [-0.4, -0.2) is 18.4 Å². The summed E-state index contributed by atoms with van der Waals surface area (Å²) >= 11 is 1.78. The number of nitrogens with one attached hydrogen (secondary N) is 2. The molecule has 2 heterocycles. The van der Waals surface area contributed by atoms with E-state index in [2.05, 4.69) is 54.9 Å². The zero-order chi connectivity index (χ0) is 14.8. The topological polar surface area (TPSA) is 62.4 Å². The average molecular weight is 300 g/mol. The second-order valence-corrected chi connectivity index (χ2v) is 6.36. The number of hydrazine groups is 1. The third-order valence-corrected chi connectivity index (χ3v) is 4.86. The fourth-order valence-electron chi connectivity index (χ4n) is 2.42. The van der Waals surface area contributed by atoms with Gasteiger partial charge >= 0.3 is 0 Å². The Morgan fingerprint density at radius 1 is 1.38 bits per heavy atom. The summed E-state index contributed by atoms with van der Waals surface area (Å²) in [5.41, 5.74) is 7.42. The molecule has 2 aromatic rings. The molecule has 3 rings (SSSR count). The van der Waals surface area contributed by atoms with E-state index in [1.807, 2.05) is 0 Å². The van der Waals surface area contributed by atoms with Crippen LogP contribution < -0.4 is 16.6 Å². The molecule has 0 bridgehead atoms. The third kappa shape index (κ3) is 2.85. The van der Waals surface area contributed by atoms with Crippen molar-refractivity contribution in [2.75, 3.05) is 11.9 Å². The summed E-state index contributed by atoms with van der Waals surface area (Å²) in [5.74, 6) is 5.60. The number of aliphatic imine (C=N–C) groups is 1. The monoisotopic (exact) mass is 300 g/mol. The molecule has 0 fully saturated rings. The van der Waals surface area contributed by atoms with Gasteiger partial charge in [0.05, 0.1) is 17.3 Å². The van der Waals surface area contributed by atoms with Gasteiger partial charge in [0.15, 0.2) is 0 Å². The van der Waals surface area contributed by atoms with Crippen molar-refractivity contribution in [1.29, 1.82) is 0 Å². The number of thiophene rings is 1. The molecule has 5 heteroatoms. The Balaban J connectivity index is 2.08. The van der Waals surface area contributed by atoms with Crippen LogP contribution in [0.3, 0.4) is 0 Å². The Kier molecular flexibility index (Phi) is 4.05. The van der Waals surface area contributed by atoms with Crippen molar-refractivity contribution < 1.29 is 0 Å². The SMILES string of the molecule is CCc1cc2c(s1)NC(NN)CN=C2c1ccc(C)cc1. The smallest absolute Gasteiger partial charge is 0.110 e. The lowest BCUT2D eigenvalue weighted by atomic mass is 10.0. The highest BCUT2D eigenvalue weighted by Gasteiger charge is 2.21. The Hall–Kier alpha value is -1.69. The Morgan fingerprint density at radius 2 is 2.14 bits per heavy atom. The standard InChI is InChI=1S/C16H20N4S/c1-3-12-8-13-15(11-6-4-10(2)5-7-11)18-9-14(20-17)19-16(13)21-12/h4-8,14,19-20H,3,9,17H2,1-2H3. The highest BCUT2D eigenvalue weighted by atomic mass is 32.1. The Morgan fingerprint density at radius 3 is 2.81 bits per heavy atom. The maximum atomic E-state index is 5.60. The summed E-state index contributed by atoms with van der Waals surface area (Å²) in [4.78, 5) is 6.13. The first kappa shape index (κ1) is 14.3. The summed E-state index contributed by atoms with van der Waals surface area (Å²) in [6.45, 7) is 4.88. The fourth-order valence-corrected chi connectivity index (χ4v) is 3.47. The number of hydrogen-bond donors (Lipinski definition) is 3. The van der Waals surface area contributed by atoms with Crippen molar-refractivity contribution in [3.8, 4) is 0 Å². The number of rotatable bonds is 3. The van der Waals surface area contributed by atoms with Crippen LogP contribution in [0, 0.1) is 6.92 Å². The first-order chi connectivity index (χ1) is 10.2. The summed E-state index contributed by atoms with van der Waals surface area (Å²) < 4.78 is 0. The maximum absolute atomic E-state index is 5.60. The number of nitrogens with two attached hydrogens (primary N) is 1. The van der Waals surface area contributed by atoms with Gasteiger partial charge in [-0.3, -0.25) is 10.8 Å². The van der Waals surface area contributed by atoms with E-state index >= 15 is 0 Å². The van der Waals surface area contributed by atoms with Crippen molar-refractivity contribution in [3.05, 3.63) is 51.9 Å². The highest BCUT2D eigenvalue weighted by Crippen LogP contribution is 2.32. The van der Waals surface area contributed by atoms with Crippen LogP contribution in [0.4, 0.5) is 5.00 Å². The normalized spacial score (nSPS) is 17.7. The number of fused-ring (bicyclic) bond motifs is 1. The molecule has 21 heavy (non-hydrogen) atoms. The molecule has 0 spiro atoms. The van der Waals surface area contributed by atoms with Gasteiger partial charge in [0, 0.05) is 16.0 Å². The molecule has 0 aliphatic carbocycles. The van der Waals surface area contributed by atoms with E-state index in [4.69, 9.17) is 10.8 Å². The van der Waals surface area contributed by atoms with Crippen LogP contribution in [0.5, 0.6) is 0 Å². The molecule has 110 valence electrons. The lowest BCUT2D eigenvalue weighted by molar-refractivity contribution is 0.597. The molecule has 1 aliphatic rings. The minimum atomic E-state index is -0.0324. The van der Waals surface area contributed by atoms with E-state index in [1.54, 1.807) is 11.3 Å². The summed E-state index contributed by atoms with van der Waals surface area (Å²) in [6.07, 6.45) is 0.997. The third-order valence-electron chi connectivity index (χ3n) is 3.65. The molecule has 1 unspecified atom stereocenters. The molecule has 1 atom stereocenters. The molecule has 4 N–H and O–H groups in total. The average Bonchev–Trinajstić information content (AvgIpc) is 2.83. The number of hydrogen-bond acceptors (Lipinski definition) is 5. The van der Waals surface area contributed by atoms with Crippen LogP contribution in [0.25, 0.3) is 0 Å². The van der Waals surface area contributed by atoms with E-state index in [9.17, 15) is 0 Å². The lowest BCUT2D eigenvalue weighted by Gasteiger charge is -2.13. The largest absolute Gasteiger partial charge is 0.358 e. The fraction of sp³-hybridized carbons (Fsp3) is 0.312. The summed E-state index contributed by atoms with van der Waals surface area (Å²) in [5, 5.41) is 4.59. The van der Waals surface area contributed by atoms with Crippen LogP contribution in [0.1, 0.15) is 28.5 Å². The molecule has 1 aromatic heterocycles. The summed E-state index contributed by atoms with van der Waals surface area (Å²) in [6, 6.07) is 10.8. The van der Waals surface area contributed by atoms with Gasteiger partial charge in [0.1, 0.15) is 6.17 Å². The van der Waals surface area contributed by atoms with Gasteiger partial charge < -0.3 is 5.32 Å². The molecule has 0 saturated carbocycles. The molecule has 0 saturated heterocycles. The quantitative estimate of drug-likeness (QED) is 0.603. The zero-order valence-electron chi connectivity index (χ0n) is 12.3. The van der Waals surface area contributed by atoms with Gasteiger partial charge in [-0.25, -0.2) is 5.43 Å². The van der Waals surface area contributed by atoms with E-state index in [0.717, 1.165) is 22.7 Å². The molecule has 0 radical (unpaired) electrons. The molecular formula is C16H20N4S. The number of anilines is 1. The van der Waals surface area contributed by atoms with Crippen LogP contribution in [-0.2, 0) is 6.42 Å². The Bertz CT molecular complexity index is 657. The van der Waals surface area contributed by atoms with Crippen molar-refractivity contribution in [1.82, 2.24) is 5.43 Å². The highest BCUT2D eigenvalue weighted by molar-refractivity contribution is 7.16. The molecule has 4 nitrogen and oxygen atoms in total. The summed E-state index contributed by atoms with van der Waals surface area (Å²) in [7, 11) is 0. The van der Waals surface area contributed by atoms with Gasteiger partial charge in [0.25, 0.3) is 0 Å². The number of benzene rings is 1. The van der Waals surface area contributed by atoms with Crippen LogP contribution in [0.2, 0.25) is 0 Å². The van der Waals surface area contributed by atoms with Crippen molar-refractivity contribution in [3.63, 3.8) is 0 Å². The molecule has 1 aromatic carbocycles. The maximum Gasteiger partial charge on any atom is 0.110 e. The van der Waals surface area contributed by atoms with Crippen LogP contribution in [0.15, 0.2) is 35.3 Å². The number of aryl methyl sites for hydroxylation is 2. The van der Waals surface area contributed by atoms with Gasteiger partial charge in [0.2, 0.25) is 0 Å². The van der Waals surface area contributed by atoms with E-state index in [1.165, 1.54) is 16.0 Å². The predicted octanol–water partition coefficient (Wildman–Crippen LogP) is 2.67. The molecule has 0 amide bonds. The Labute approximate surface area is 129 Å². The minimum absolute atomic E-state index is 0.0324. The van der Waals surface area contributed by atoms with Crippen LogP contribution >= 0.6 is 11.3 Å². The van der Waals surface area contributed by atoms with Gasteiger partial charge in [-0.05, 0) is 19.4 Å². The van der Waals surface area contributed by atoms with E-state index in [-0.39, 0.29) is 6.17 Å². The van der Waals surface area contributed by atoms with E-state index < -0.39 is 0 Å². The first-order valence-corrected chi connectivity index (χ1v) is 8.00. The van der Waals surface area contributed by atoms with Gasteiger partial charge in [-0.1, -0.05) is 36.8 Å². The first-order valence-electron chi connectivity index (χ1n) is 7.18. The van der Waals surface area contributed by atoms with Gasteiger partial charge in [-0.15, -0.1) is 11.3 Å². The minimum Gasteiger partial charge on any atom is -0.358 e. The predicted molar refractivity (Wildman–Crippen MR) is 90.1 cm³/mol. The number of nitrogens with zero attached hydrogens (tertiary/aromatic N) is 1. The molecular weight excluding hydrogens is 280 g/mol. The molecule has 1 aliphatic heterocycles. The second kappa shape index (κ2) is 5.97. The lowest BCUT2D eigenvalue weighted by Crippen LogP contribution is -2.42.